The van der Waals surface area contributed by atoms with Crippen molar-refractivity contribution < 1.29 is 8.42 Å². The normalized spacial score (nSPS) is 20.2. The minimum absolute atomic E-state index is 0. The van der Waals surface area contributed by atoms with Crippen molar-refractivity contribution in [1.29, 1.82) is 0 Å². The van der Waals surface area contributed by atoms with Gasteiger partial charge in [-0.3, -0.25) is 4.99 Å². The summed E-state index contributed by atoms with van der Waals surface area (Å²) in [6, 6.07) is 8.27. The van der Waals surface area contributed by atoms with Gasteiger partial charge in [0.1, 0.15) is 0 Å². The first-order valence-corrected chi connectivity index (χ1v) is 11.6. The van der Waals surface area contributed by atoms with E-state index < -0.39 is 14.6 Å². The molecule has 0 saturated carbocycles. The highest BCUT2D eigenvalue weighted by molar-refractivity contribution is 14.0. The van der Waals surface area contributed by atoms with Crippen LogP contribution in [0, 0.1) is 0 Å². The van der Waals surface area contributed by atoms with Crippen LogP contribution in [0.25, 0.3) is 0 Å². The number of hydrogen-bond donors (Lipinski definition) is 1. The first kappa shape index (κ1) is 24.0. The quantitative estimate of drug-likeness (QED) is 0.257. The summed E-state index contributed by atoms with van der Waals surface area (Å²) >= 11 is 5.24. The molecule has 26 heavy (non-hydrogen) atoms. The predicted octanol–water partition coefficient (Wildman–Crippen LogP) is 3.63. The van der Waals surface area contributed by atoms with Gasteiger partial charge in [-0.15, -0.1) is 35.7 Å². The van der Waals surface area contributed by atoms with Crippen molar-refractivity contribution in [2.75, 3.05) is 32.4 Å². The number of nitrogens with zero attached hydrogens (tertiary/aromatic N) is 2. The number of benzene rings is 1. The summed E-state index contributed by atoms with van der Waals surface area (Å²) < 4.78 is 24.6. The molecule has 0 aromatic heterocycles. The Kier molecular flexibility index (Phi) is 9.22. The van der Waals surface area contributed by atoms with Crippen LogP contribution in [0.15, 0.2) is 38.6 Å². The zero-order valence-electron chi connectivity index (χ0n) is 15.5. The second kappa shape index (κ2) is 9.97. The second-order valence-electron chi connectivity index (χ2n) is 6.81. The van der Waals surface area contributed by atoms with Gasteiger partial charge in [-0.25, -0.2) is 8.42 Å². The van der Waals surface area contributed by atoms with E-state index in [9.17, 15) is 8.42 Å². The van der Waals surface area contributed by atoms with Crippen LogP contribution in [-0.4, -0.2) is 61.7 Å². The Morgan fingerprint density at radius 1 is 1.38 bits per heavy atom. The summed E-state index contributed by atoms with van der Waals surface area (Å²) in [5.41, 5.74) is 0. The van der Waals surface area contributed by atoms with E-state index in [2.05, 4.69) is 45.3 Å². The molecule has 1 atom stereocenters. The molecule has 0 bridgehead atoms. The van der Waals surface area contributed by atoms with Crippen LogP contribution in [0.5, 0.6) is 0 Å². The fourth-order valence-corrected chi connectivity index (χ4v) is 5.23. The molecule has 1 aliphatic rings. The summed E-state index contributed by atoms with van der Waals surface area (Å²) in [5, 5.41) is 3.75. The molecule has 1 saturated heterocycles. The third kappa shape index (κ3) is 6.27. The molecular weight excluding hydrogens is 549 g/mol. The van der Waals surface area contributed by atoms with Gasteiger partial charge in [0.15, 0.2) is 15.8 Å². The number of hydrogen-bond acceptors (Lipinski definition) is 4. The van der Waals surface area contributed by atoms with Gasteiger partial charge in [-0.1, -0.05) is 22.9 Å². The van der Waals surface area contributed by atoms with E-state index in [1.807, 2.05) is 17.0 Å². The average Bonchev–Trinajstić information content (AvgIpc) is 2.53. The van der Waals surface area contributed by atoms with E-state index in [1.54, 1.807) is 32.7 Å². The van der Waals surface area contributed by atoms with E-state index >= 15 is 0 Å². The van der Waals surface area contributed by atoms with Gasteiger partial charge < -0.3 is 10.2 Å². The molecule has 1 heterocycles. The molecule has 1 aliphatic heterocycles. The van der Waals surface area contributed by atoms with Gasteiger partial charge >= 0.3 is 0 Å². The summed E-state index contributed by atoms with van der Waals surface area (Å²) in [5.74, 6) is 0.940. The van der Waals surface area contributed by atoms with Gasteiger partial charge in [0.25, 0.3) is 0 Å². The lowest BCUT2D eigenvalue weighted by Crippen LogP contribution is -2.57. The molecule has 0 aliphatic carbocycles. The van der Waals surface area contributed by atoms with Crippen molar-refractivity contribution >= 4 is 67.5 Å². The number of rotatable bonds is 4. The highest BCUT2D eigenvalue weighted by Crippen LogP contribution is 2.25. The minimum Gasteiger partial charge on any atom is -0.355 e. The summed E-state index contributed by atoms with van der Waals surface area (Å²) in [4.78, 5) is 7.60. The Labute approximate surface area is 186 Å². The molecule has 5 nitrogen and oxygen atoms in total. The lowest BCUT2D eigenvalue weighted by molar-refractivity contribution is 0.353. The van der Waals surface area contributed by atoms with E-state index in [-0.39, 0.29) is 29.7 Å². The Morgan fingerprint density at radius 2 is 2.00 bits per heavy atom. The van der Waals surface area contributed by atoms with Crippen LogP contribution in [0.3, 0.4) is 0 Å². The Hall–Kier alpha value is -0.000000000000000222. The molecule has 1 unspecified atom stereocenters. The van der Waals surface area contributed by atoms with Crippen molar-refractivity contribution in [3.63, 3.8) is 0 Å². The maximum absolute atomic E-state index is 12.2. The monoisotopic (exact) mass is 575 g/mol. The fourth-order valence-electron chi connectivity index (χ4n) is 2.68. The van der Waals surface area contributed by atoms with Gasteiger partial charge in [0.2, 0.25) is 0 Å². The largest absolute Gasteiger partial charge is 0.355 e. The molecule has 1 aromatic carbocycles. The first-order valence-electron chi connectivity index (χ1n) is 8.25. The highest BCUT2D eigenvalue weighted by Gasteiger charge is 2.40. The number of aliphatic imine (C=N–C) groups is 1. The number of guanidine groups is 1. The SMILES string of the molecule is CN=C(NCC(C)Sc1ccc(Br)cc1)N1CCS(=O)(=O)C(C)(C)C1.I. The third-order valence-corrected chi connectivity index (χ3v) is 8.43. The lowest BCUT2D eigenvalue weighted by atomic mass is 10.2. The molecule has 1 N–H and O–H groups in total. The van der Waals surface area contributed by atoms with Crippen molar-refractivity contribution in [3.05, 3.63) is 28.7 Å². The zero-order chi connectivity index (χ0) is 18.7. The Bertz CT molecular complexity index is 724. The maximum atomic E-state index is 12.2. The fraction of sp³-hybridized carbons (Fsp3) is 0.588. The van der Waals surface area contributed by atoms with Gasteiger partial charge in [0, 0.05) is 41.3 Å². The minimum atomic E-state index is -3.04. The van der Waals surface area contributed by atoms with Crippen molar-refractivity contribution in [1.82, 2.24) is 10.2 Å². The maximum Gasteiger partial charge on any atom is 0.193 e. The Morgan fingerprint density at radius 3 is 2.54 bits per heavy atom. The number of thioether (sulfide) groups is 1. The van der Waals surface area contributed by atoms with Crippen molar-refractivity contribution in [2.45, 2.75) is 35.7 Å². The Balaban J connectivity index is 0.00000338. The number of sulfone groups is 1. The molecule has 2 rings (SSSR count). The third-order valence-electron chi connectivity index (χ3n) is 4.25. The van der Waals surface area contributed by atoms with Gasteiger partial charge in [-0.2, -0.15) is 0 Å². The lowest BCUT2D eigenvalue weighted by Gasteiger charge is -2.39. The summed E-state index contributed by atoms with van der Waals surface area (Å²) in [6.45, 7) is 7.44. The second-order valence-corrected chi connectivity index (χ2v) is 12.0. The molecule has 148 valence electrons. The molecule has 0 spiro atoms. The number of nitrogens with one attached hydrogen (secondary N) is 1. The number of halogens is 2. The van der Waals surface area contributed by atoms with Gasteiger partial charge in [0.05, 0.1) is 10.5 Å². The molecule has 0 radical (unpaired) electrons. The van der Waals surface area contributed by atoms with E-state index in [1.165, 1.54) is 4.90 Å². The van der Waals surface area contributed by atoms with Gasteiger partial charge in [-0.05, 0) is 38.1 Å². The first-order chi connectivity index (χ1) is 11.6. The summed E-state index contributed by atoms with van der Waals surface area (Å²) in [6.07, 6.45) is 0. The van der Waals surface area contributed by atoms with Crippen LogP contribution in [0.1, 0.15) is 20.8 Å². The topological polar surface area (TPSA) is 61.8 Å². The van der Waals surface area contributed by atoms with Crippen LogP contribution in [0.4, 0.5) is 0 Å². The smallest absolute Gasteiger partial charge is 0.193 e. The highest BCUT2D eigenvalue weighted by atomic mass is 127. The van der Waals surface area contributed by atoms with E-state index in [0.717, 1.165) is 17.0 Å². The average molecular weight is 576 g/mol. The summed E-state index contributed by atoms with van der Waals surface area (Å²) in [7, 11) is -1.30. The zero-order valence-corrected chi connectivity index (χ0v) is 21.1. The standard InChI is InChI=1S/C17H26BrN3O2S2.HI/c1-13(24-15-7-5-14(18)6-8-15)11-20-16(19-4)21-9-10-25(22,23)17(2,3)12-21;/h5-8,13H,9-12H2,1-4H3,(H,19,20);1H. The van der Waals surface area contributed by atoms with E-state index in [0.29, 0.717) is 18.3 Å². The van der Waals surface area contributed by atoms with Crippen LogP contribution < -0.4 is 5.32 Å². The van der Waals surface area contributed by atoms with E-state index in [4.69, 9.17) is 0 Å². The molecule has 1 aromatic rings. The molecule has 1 fully saturated rings. The van der Waals surface area contributed by atoms with Crippen molar-refractivity contribution in [2.24, 2.45) is 4.99 Å². The van der Waals surface area contributed by atoms with Crippen LogP contribution >= 0.6 is 51.7 Å². The van der Waals surface area contributed by atoms with Crippen LogP contribution in [-0.2, 0) is 9.84 Å². The predicted molar refractivity (Wildman–Crippen MR) is 126 cm³/mol. The molecular formula is C17H27BrIN3O2S2. The molecule has 9 heteroatoms. The van der Waals surface area contributed by atoms with Crippen molar-refractivity contribution in [3.8, 4) is 0 Å². The molecule has 0 amide bonds. The van der Waals surface area contributed by atoms with Crippen LogP contribution in [0.2, 0.25) is 0 Å².